The van der Waals surface area contributed by atoms with Crippen LogP contribution in [-0.2, 0) is 4.74 Å². The van der Waals surface area contributed by atoms with Gasteiger partial charge in [0.05, 0.1) is 6.10 Å². The lowest BCUT2D eigenvalue weighted by Gasteiger charge is -2.22. The highest BCUT2D eigenvalue weighted by molar-refractivity contribution is 4.73. The second-order valence-corrected chi connectivity index (χ2v) is 5.51. The van der Waals surface area contributed by atoms with Crippen LogP contribution >= 0.6 is 0 Å². The fourth-order valence-corrected chi connectivity index (χ4v) is 2.46. The molecule has 1 heterocycles. The van der Waals surface area contributed by atoms with Crippen molar-refractivity contribution in [3.63, 3.8) is 0 Å². The first-order valence-electron chi connectivity index (χ1n) is 7.48. The van der Waals surface area contributed by atoms with Crippen molar-refractivity contribution in [1.29, 1.82) is 0 Å². The van der Waals surface area contributed by atoms with Gasteiger partial charge in [-0.2, -0.15) is 0 Å². The van der Waals surface area contributed by atoms with E-state index in [1.54, 1.807) is 0 Å². The molecule has 100 valence electrons. The highest BCUT2D eigenvalue weighted by atomic mass is 16.5. The molecule has 0 unspecified atom stereocenters. The van der Waals surface area contributed by atoms with Crippen molar-refractivity contribution in [3.8, 4) is 0 Å². The van der Waals surface area contributed by atoms with Gasteiger partial charge in [-0.3, -0.25) is 0 Å². The number of nitrogens with one attached hydrogen (secondary N) is 2. The maximum atomic E-state index is 5.86. The Balaban J connectivity index is 1.31. The summed E-state index contributed by atoms with van der Waals surface area (Å²) in [6, 6.07) is 0. The first kappa shape index (κ1) is 13.3. The van der Waals surface area contributed by atoms with Crippen LogP contribution in [0.25, 0.3) is 0 Å². The van der Waals surface area contributed by atoms with Gasteiger partial charge < -0.3 is 15.4 Å². The summed E-state index contributed by atoms with van der Waals surface area (Å²) in [6.07, 6.45) is 9.84. The zero-order chi connectivity index (χ0) is 11.8. The topological polar surface area (TPSA) is 33.3 Å². The van der Waals surface area contributed by atoms with E-state index in [1.165, 1.54) is 45.1 Å². The van der Waals surface area contributed by atoms with Crippen LogP contribution in [0.1, 0.15) is 44.9 Å². The molecule has 0 bridgehead atoms. The molecule has 2 fully saturated rings. The molecular weight excluding hydrogens is 212 g/mol. The van der Waals surface area contributed by atoms with Crippen molar-refractivity contribution in [2.75, 3.05) is 32.8 Å². The monoisotopic (exact) mass is 240 g/mol. The summed E-state index contributed by atoms with van der Waals surface area (Å²) in [5.41, 5.74) is 0. The van der Waals surface area contributed by atoms with E-state index in [2.05, 4.69) is 10.6 Å². The van der Waals surface area contributed by atoms with Crippen molar-refractivity contribution in [3.05, 3.63) is 0 Å². The summed E-state index contributed by atoms with van der Waals surface area (Å²) in [7, 11) is 0. The molecule has 0 spiro atoms. The first-order chi connectivity index (χ1) is 8.45. The van der Waals surface area contributed by atoms with E-state index in [9.17, 15) is 0 Å². The molecule has 1 aliphatic carbocycles. The van der Waals surface area contributed by atoms with Crippen LogP contribution in [0.2, 0.25) is 0 Å². The maximum absolute atomic E-state index is 5.86. The molecule has 3 nitrogen and oxygen atoms in total. The third-order valence-electron chi connectivity index (χ3n) is 3.80. The largest absolute Gasteiger partial charge is 0.378 e. The maximum Gasteiger partial charge on any atom is 0.0599 e. The van der Waals surface area contributed by atoms with Crippen molar-refractivity contribution in [2.45, 2.75) is 51.0 Å². The van der Waals surface area contributed by atoms with Gasteiger partial charge in [-0.25, -0.2) is 0 Å². The van der Waals surface area contributed by atoms with E-state index in [1.807, 2.05) is 0 Å². The van der Waals surface area contributed by atoms with Crippen LogP contribution in [0.3, 0.4) is 0 Å². The quantitative estimate of drug-likeness (QED) is 0.604. The zero-order valence-electron chi connectivity index (χ0n) is 11.0. The van der Waals surface area contributed by atoms with Crippen molar-refractivity contribution in [1.82, 2.24) is 10.6 Å². The molecule has 1 saturated carbocycles. The van der Waals surface area contributed by atoms with Crippen molar-refractivity contribution >= 4 is 0 Å². The van der Waals surface area contributed by atoms with Crippen LogP contribution in [-0.4, -0.2) is 38.9 Å². The van der Waals surface area contributed by atoms with Crippen molar-refractivity contribution in [2.24, 2.45) is 5.92 Å². The molecule has 2 aliphatic rings. The fourth-order valence-electron chi connectivity index (χ4n) is 2.46. The number of hydrogen-bond acceptors (Lipinski definition) is 3. The molecule has 0 amide bonds. The summed E-state index contributed by atoms with van der Waals surface area (Å²) in [4.78, 5) is 0. The van der Waals surface area contributed by atoms with Crippen LogP contribution in [0.15, 0.2) is 0 Å². The lowest BCUT2D eigenvalue weighted by Crippen LogP contribution is -2.33. The number of rotatable bonds is 9. The molecule has 1 aliphatic heterocycles. The normalized spacial score (nSPS) is 21.9. The molecule has 1 saturated heterocycles. The molecule has 0 radical (unpaired) electrons. The summed E-state index contributed by atoms with van der Waals surface area (Å²) in [6.45, 7) is 5.51. The van der Waals surface area contributed by atoms with Gasteiger partial charge in [0.25, 0.3) is 0 Å². The third-order valence-corrected chi connectivity index (χ3v) is 3.80. The Hall–Kier alpha value is -0.120. The minimum absolute atomic E-state index is 0.520. The molecule has 2 N–H and O–H groups in total. The van der Waals surface area contributed by atoms with Gasteiger partial charge in [-0.05, 0) is 64.2 Å². The summed E-state index contributed by atoms with van der Waals surface area (Å²) < 4.78 is 5.86. The average molecular weight is 240 g/mol. The number of ether oxygens (including phenoxy) is 1. The number of piperidine rings is 1. The van der Waals surface area contributed by atoms with Crippen LogP contribution in [0.4, 0.5) is 0 Å². The van der Waals surface area contributed by atoms with Crippen LogP contribution in [0, 0.1) is 5.92 Å². The Morgan fingerprint density at radius 1 is 1.00 bits per heavy atom. The van der Waals surface area contributed by atoms with E-state index in [4.69, 9.17) is 4.74 Å². The van der Waals surface area contributed by atoms with Gasteiger partial charge in [0.15, 0.2) is 0 Å². The van der Waals surface area contributed by atoms with E-state index in [0.717, 1.165) is 38.6 Å². The minimum atomic E-state index is 0.520. The molecule has 0 atom stereocenters. The Labute approximate surface area is 106 Å². The summed E-state index contributed by atoms with van der Waals surface area (Å²) in [5.74, 6) is 1.08. The molecule has 2 rings (SSSR count). The first-order valence-corrected chi connectivity index (χ1v) is 7.48. The van der Waals surface area contributed by atoms with Gasteiger partial charge in [-0.1, -0.05) is 12.8 Å². The lowest BCUT2D eigenvalue weighted by atomic mass is 10.1. The molecule has 17 heavy (non-hydrogen) atoms. The van der Waals surface area contributed by atoms with Gasteiger partial charge in [0.1, 0.15) is 0 Å². The molecule has 0 aromatic carbocycles. The van der Waals surface area contributed by atoms with Gasteiger partial charge >= 0.3 is 0 Å². The van der Waals surface area contributed by atoms with E-state index < -0.39 is 0 Å². The van der Waals surface area contributed by atoms with Crippen molar-refractivity contribution < 1.29 is 4.74 Å². The standard InChI is InChI=1S/C14H28N2O/c1(3-13-4-5-13)8-15-9-2-12-17-14-6-10-16-11-7-14/h13-16H,1-12H2. The van der Waals surface area contributed by atoms with Gasteiger partial charge in [-0.15, -0.1) is 0 Å². The smallest absolute Gasteiger partial charge is 0.0599 e. The van der Waals surface area contributed by atoms with Crippen LogP contribution < -0.4 is 10.6 Å². The second kappa shape index (κ2) is 8.06. The highest BCUT2D eigenvalue weighted by Gasteiger charge is 2.19. The molecule has 0 aromatic heterocycles. The Kier molecular flexibility index (Phi) is 6.32. The van der Waals surface area contributed by atoms with Gasteiger partial charge in [0.2, 0.25) is 0 Å². The predicted octanol–water partition coefficient (Wildman–Crippen LogP) is 1.92. The van der Waals surface area contributed by atoms with E-state index in [-0.39, 0.29) is 0 Å². The minimum Gasteiger partial charge on any atom is -0.378 e. The average Bonchev–Trinajstić information content (AvgIpc) is 3.18. The Bertz CT molecular complexity index is 189. The highest BCUT2D eigenvalue weighted by Crippen LogP contribution is 2.33. The van der Waals surface area contributed by atoms with Gasteiger partial charge in [0, 0.05) is 6.61 Å². The molecule has 0 aromatic rings. The fraction of sp³-hybridized carbons (Fsp3) is 1.00. The van der Waals surface area contributed by atoms with E-state index in [0.29, 0.717) is 6.10 Å². The van der Waals surface area contributed by atoms with E-state index >= 15 is 0 Å². The molecule has 3 heteroatoms. The SMILES string of the molecule is C(CNCCCC1CC1)COC1CCNCC1. The Morgan fingerprint density at radius 3 is 2.53 bits per heavy atom. The number of hydrogen-bond donors (Lipinski definition) is 2. The lowest BCUT2D eigenvalue weighted by molar-refractivity contribution is 0.0318. The molecular formula is C14H28N2O. The summed E-state index contributed by atoms with van der Waals surface area (Å²) in [5, 5.41) is 6.88. The van der Waals surface area contributed by atoms with Crippen LogP contribution in [0.5, 0.6) is 0 Å². The zero-order valence-corrected chi connectivity index (χ0v) is 11.0. The third kappa shape index (κ3) is 6.39. The second-order valence-electron chi connectivity index (χ2n) is 5.51. The predicted molar refractivity (Wildman–Crippen MR) is 71.3 cm³/mol. The Morgan fingerprint density at radius 2 is 1.76 bits per heavy atom. The summed E-state index contributed by atoms with van der Waals surface area (Å²) >= 11 is 0.